The number of non-ortho nitro benzene ring substituents is 1. The molecule has 0 aliphatic carbocycles. The lowest BCUT2D eigenvalue weighted by molar-refractivity contribution is -0.384. The number of hydrogen-bond acceptors (Lipinski definition) is 5. The fourth-order valence-corrected chi connectivity index (χ4v) is 3.61. The van der Waals surface area contributed by atoms with Gasteiger partial charge in [0.15, 0.2) is 5.58 Å². The van der Waals surface area contributed by atoms with E-state index in [0.29, 0.717) is 17.2 Å². The van der Waals surface area contributed by atoms with Crippen molar-refractivity contribution in [2.75, 3.05) is 5.32 Å². The summed E-state index contributed by atoms with van der Waals surface area (Å²) in [5.74, 6) is 0.0554. The fraction of sp³-hybridized carbons (Fsp3) is 0.0909. The van der Waals surface area contributed by atoms with Gasteiger partial charge in [-0.15, -0.1) is 0 Å². The molecule has 1 heterocycles. The minimum absolute atomic E-state index is 0.133. The highest BCUT2D eigenvalue weighted by atomic mass is 79.9. The first-order chi connectivity index (χ1) is 14.4. The van der Waals surface area contributed by atoms with Gasteiger partial charge in [0.2, 0.25) is 5.89 Å². The Balaban J connectivity index is 1.55. The Bertz CT molecular complexity index is 1270. The second-order valence-electron chi connectivity index (χ2n) is 6.64. The molecule has 0 aliphatic rings. The largest absolute Gasteiger partial charge is 0.435 e. The van der Waals surface area contributed by atoms with Crippen LogP contribution >= 0.6 is 15.9 Å². The van der Waals surface area contributed by atoms with E-state index >= 15 is 0 Å². The molecule has 0 bridgehead atoms. The Labute approximate surface area is 180 Å². The second-order valence-corrected chi connectivity index (χ2v) is 7.49. The normalized spacial score (nSPS) is 10.9. The number of nitro groups is 1. The number of aryl methyl sites for hydroxylation is 1. The van der Waals surface area contributed by atoms with Crippen molar-refractivity contribution in [3.63, 3.8) is 0 Å². The molecule has 4 aromatic rings. The van der Waals surface area contributed by atoms with E-state index < -0.39 is 10.8 Å². The van der Waals surface area contributed by atoms with Gasteiger partial charge in [0.05, 0.1) is 9.40 Å². The summed E-state index contributed by atoms with van der Waals surface area (Å²) < 4.78 is 6.76. The Kier molecular flexibility index (Phi) is 5.33. The van der Waals surface area contributed by atoms with Gasteiger partial charge in [0.1, 0.15) is 5.52 Å². The van der Waals surface area contributed by atoms with Crippen LogP contribution in [-0.2, 0) is 6.42 Å². The zero-order valence-corrected chi connectivity index (χ0v) is 17.5. The van der Waals surface area contributed by atoms with Crippen molar-refractivity contribution < 1.29 is 14.1 Å². The number of aromatic nitrogens is 1. The minimum Gasteiger partial charge on any atom is -0.435 e. The molecule has 0 radical (unpaired) electrons. The number of nitrogens with zero attached hydrogens (tertiary/aromatic N) is 2. The summed E-state index contributed by atoms with van der Waals surface area (Å²) in [5, 5.41) is 13.6. The van der Waals surface area contributed by atoms with Crippen LogP contribution in [0.1, 0.15) is 22.8 Å². The number of nitro benzene ring substituents is 1. The van der Waals surface area contributed by atoms with Crippen LogP contribution in [0, 0.1) is 10.1 Å². The predicted octanol–water partition coefficient (Wildman–Crippen LogP) is 5.98. The van der Waals surface area contributed by atoms with Crippen LogP contribution < -0.4 is 5.32 Å². The lowest BCUT2D eigenvalue weighted by Crippen LogP contribution is -2.11. The third kappa shape index (κ3) is 3.95. The number of benzene rings is 3. The van der Waals surface area contributed by atoms with Crippen LogP contribution in [0.15, 0.2) is 69.6 Å². The smallest absolute Gasteiger partial charge is 0.270 e. The first-order valence-corrected chi connectivity index (χ1v) is 9.99. The zero-order valence-electron chi connectivity index (χ0n) is 15.9. The number of amides is 1. The molecule has 30 heavy (non-hydrogen) atoms. The number of oxazole rings is 1. The third-order valence-corrected chi connectivity index (χ3v) is 5.21. The van der Waals surface area contributed by atoms with Crippen molar-refractivity contribution >= 4 is 44.3 Å². The quantitative estimate of drug-likeness (QED) is 0.288. The molecule has 0 aliphatic heterocycles. The van der Waals surface area contributed by atoms with Crippen molar-refractivity contribution in [3.8, 4) is 11.5 Å². The van der Waals surface area contributed by atoms with Crippen LogP contribution in [0.3, 0.4) is 0 Å². The Morgan fingerprint density at radius 3 is 2.63 bits per heavy atom. The molecular formula is C22H16BrN3O4. The first kappa shape index (κ1) is 19.8. The molecule has 3 aromatic carbocycles. The summed E-state index contributed by atoms with van der Waals surface area (Å²) in [6, 6.07) is 16.6. The highest BCUT2D eigenvalue weighted by Gasteiger charge is 2.14. The number of carbonyl (C=O) groups is 1. The lowest BCUT2D eigenvalue weighted by Gasteiger charge is -2.05. The van der Waals surface area contributed by atoms with Crippen LogP contribution in [0.25, 0.3) is 22.6 Å². The molecule has 0 saturated heterocycles. The van der Waals surface area contributed by atoms with E-state index in [1.165, 1.54) is 24.3 Å². The molecule has 0 atom stereocenters. The van der Waals surface area contributed by atoms with Crippen molar-refractivity contribution in [3.05, 3.63) is 86.4 Å². The molecule has 0 saturated carbocycles. The van der Waals surface area contributed by atoms with E-state index in [-0.39, 0.29) is 11.3 Å². The Morgan fingerprint density at radius 2 is 1.93 bits per heavy atom. The standard InChI is InChI=1S/C22H16BrN3O4/c1-2-13-10-18(23)20-19(11-13)25-22(30-20)14-6-8-16(9-7-14)24-21(27)15-4-3-5-17(12-15)26(28)29/h3-12H,2H2,1H3,(H,24,27). The maximum absolute atomic E-state index is 12.4. The molecule has 0 fully saturated rings. The maximum atomic E-state index is 12.4. The molecule has 1 aromatic heterocycles. The molecule has 7 nitrogen and oxygen atoms in total. The average molecular weight is 466 g/mol. The minimum atomic E-state index is -0.534. The van der Waals surface area contributed by atoms with Gasteiger partial charge in [-0.2, -0.15) is 0 Å². The summed E-state index contributed by atoms with van der Waals surface area (Å²) in [6.07, 6.45) is 0.899. The number of carbonyl (C=O) groups excluding carboxylic acids is 1. The van der Waals surface area contributed by atoms with Crippen LogP contribution in [-0.4, -0.2) is 15.8 Å². The van der Waals surface area contributed by atoms with Crippen molar-refractivity contribution in [1.29, 1.82) is 0 Å². The lowest BCUT2D eigenvalue weighted by atomic mass is 10.1. The van der Waals surface area contributed by atoms with E-state index in [2.05, 4.69) is 33.2 Å². The molecule has 1 amide bonds. The van der Waals surface area contributed by atoms with Gasteiger partial charge >= 0.3 is 0 Å². The molecule has 0 spiro atoms. The van der Waals surface area contributed by atoms with E-state index in [4.69, 9.17) is 4.42 Å². The Hall–Kier alpha value is -3.52. The van der Waals surface area contributed by atoms with Gasteiger partial charge in [-0.25, -0.2) is 4.98 Å². The van der Waals surface area contributed by atoms with Gasteiger partial charge in [0.25, 0.3) is 11.6 Å². The SMILES string of the molecule is CCc1cc(Br)c2oc(-c3ccc(NC(=O)c4cccc([N+](=O)[O-])c4)cc3)nc2c1. The number of nitrogens with one attached hydrogen (secondary N) is 1. The summed E-state index contributed by atoms with van der Waals surface area (Å²) in [4.78, 5) is 27.3. The van der Waals surface area contributed by atoms with Crippen molar-refractivity contribution in [2.45, 2.75) is 13.3 Å². The van der Waals surface area contributed by atoms with E-state index in [9.17, 15) is 14.9 Å². The van der Waals surface area contributed by atoms with Gasteiger partial charge in [0, 0.05) is 28.9 Å². The average Bonchev–Trinajstić information content (AvgIpc) is 3.19. The fourth-order valence-electron chi connectivity index (χ4n) is 3.03. The molecule has 4 rings (SSSR count). The van der Waals surface area contributed by atoms with Gasteiger partial charge < -0.3 is 9.73 Å². The number of hydrogen-bond donors (Lipinski definition) is 1. The number of halogens is 1. The molecule has 8 heteroatoms. The van der Waals surface area contributed by atoms with Crippen molar-refractivity contribution in [1.82, 2.24) is 4.98 Å². The van der Waals surface area contributed by atoms with Gasteiger partial charge in [-0.05, 0) is 70.4 Å². The van der Waals surface area contributed by atoms with Crippen LogP contribution in [0.5, 0.6) is 0 Å². The van der Waals surface area contributed by atoms with Gasteiger partial charge in [-0.1, -0.05) is 13.0 Å². The number of anilines is 1. The third-order valence-electron chi connectivity index (χ3n) is 4.62. The molecule has 1 N–H and O–H groups in total. The first-order valence-electron chi connectivity index (χ1n) is 9.20. The van der Waals surface area contributed by atoms with Crippen molar-refractivity contribution in [2.24, 2.45) is 0 Å². The zero-order chi connectivity index (χ0) is 21.3. The number of fused-ring (bicyclic) bond motifs is 1. The topological polar surface area (TPSA) is 98.3 Å². The van der Waals surface area contributed by atoms with Crippen LogP contribution in [0.2, 0.25) is 0 Å². The van der Waals surface area contributed by atoms with E-state index in [1.807, 2.05) is 12.1 Å². The molecular weight excluding hydrogens is 450 g/mol. The maximum Gasteiger partial charge on any atom is 0.270 e. The monoisotopic (exact) mass is 465 g/mol. The molecule has 0 unspecified atom stereocenters. The van der Waals surface area contributed by atoms with Crippen LogP contribution in [0.4, 0.5) is 11.4 Å². The highest BCUT2D eigenvalue weighted by molar-refractivity contribution is 9.10. The van der Waals surface area contributed by atoms with E-state index in [0.717, 1.165) is 27.5 Å². The number of rotatable bonds is 5. The second kappa shape index (κ2) is 8.08. The highest BCUT2D eigenvalue weighted by Crippen LogP contribution is 2.31. The van der Waals surface area contributed by atoms with Gasteiger partial charge in [-0.3, -0.25) is 14.9 Å². The summed E-state index contributed by atoms with van der Waals surface area (Å²) in [7, 11) is 0. The summed E-state index contributed by atoms with van der Waals surface area (Å²) in [5.41, 5.74) is 4.03. The summed E-state index contributed by atoms with van der Waals surface area (Å²) in [6.45, 7) is 2.08. The Morgan fingerprint density at radius 1 is 1.17 bits per heavy atom. The molecule has 150 valence electrons. The summed E-state index contributed by atoms with van der Waals surface area (Å²) >= 11 is 3.53. The predicted molar refractivity (Wildman–Crippen MR) is 118 cm³/mol. The van der Waals surface area contributed by atoms with E-state index in [1.54, 1.807) is 24.3 Å².